The molecular formula is C19H18ClF2NO5S. The molecule has 0 aliphatic rings. The zero-order chi connectivity index (χ0) is 21.8. The van der Waals surface area contributed by atoms with Crippen molar-refractivity contribution in [1.29, 1.82) is 0 Å². The third-order valence-corrected chi connectivity index (χ3v) is 6.44. The molecule has 2 aromatic rings. The van der Waals surface area contributed by atoms with Crippen molar-refractivity contribution in [3.8, 4) is 0 Å². The molecule has 0 saturated heterocycles. The summed E-state index contributed by atoms with van der Waals surface area (Å²) in [7, 11) is -3.85. The molecule has 0 amide bonds. The lowest BCUT2D eigenvalue weighted by atomic mass is 10.1. The Morgan fingerprint density at radius 3 is 2.31 bits per heavy atom. The van der Waals surface area contributed by atoms with Gasteiger partial charge in [0.2, 0.25) is 15.8 Å². The van der Waals surface area contributed by atoms with Gasteiger partial charge < -0.3 is 4.74 Å². The summed E-state index contributed by atoms with van der Waals surface area (Å²) in [4.78, 5) is 24.2. The number of ether oxygens (including phenoxy) is 1. The van der Waals surface area contributed by atoms with Crippen LogP contribution in [-0.2, 0) is 14.8 Å². The van der Waals surface area contributed by atoms with Crippen LogP contribution in [0, 0.1) is 11.6 Å². The van der Waals surface area contributed by atoms with Crippen LogP contribution < -0.4 is 0 Å². The Bertz CT molecular complexity index is 1040. The molecule has 0 aromatic heterocycles. The lowest BCUT2D eigenvalue weighted by molar-refractivity contribution is 0.0473. The minimum absolute atomic E-state index is 0.0853. The monoisotopic (exact) mass is 445 g/mol. The van der Waals surface area contributed by atoms with Crippen LogP contribution in [0.4, 0.5) is 8.78 Å². The molecule has 0 atom stereocenters. The fourth-order valence-corrected chi connectivity index (χ4v) is 4.21. The molecule has 0 radical (unpaired) electrons. The molecule has 2 rings (SSSR count). The maximum Gasteiger partial charge on any atom is 0.340 e. The first-order chi connectivity index (χ1) is 13.6. The zero-order valence-electron chi connectivity index (χ0n) is 15.6. The van der Waals surface area contributed by atoms with Gasteiger partial charge in [-0.15, -0.1) is 0 Å². The van der Waals surface area contributed by atoms with Crippen LogP contribution in [0.5, 0.6) is 0 Å². The number of sulfonamides is 1. The molecule has 0 bridgehead atoms. The van der Waals surface area contributed by atoms with Crippen molar-refractivity contribution in [3.05, 3.63) is 64.2 Å². The molecule has 0 saturated carbocycles. The summed E-state index contributed by atoms with van der Waals surface area (Å²) in [5.41, 5.74) is -0.839. The standard InChI is InChI=1S/C19H18ClF2NO5S/c1-3-23(4-2)29(26,27)13-6-7-16(20)14(10-13)19(25)28-11-18(24)15-9-12(21)5-8-17(15)22/h5-10H,3-4,11H2,1-2H3. The van der Waals surface area contributed by atoms with Crippen LogP contribution in [0.3, 0.4) is 0 Å². The van der Waals surface area contributed by atoms with E-state index in [0.717, 1.165) is 18.2 Å². The molecule has 2 aromatic carbocycles. The number of hydrogen-bond donors (Lipinski definition) is 0. The summed E-state index contributed by atoms with van der Waals surface area (Å²) in [5, 5.41) is -0.0853. The summed E-state index contributed by atoms with van der Waals surface area (Å²) in [6, 6.07) is 5.84. The van der Waals surface area contributed by atoms with Gasteiger partial charge in [0.05, 0.1) is 21.0 Å². The van der Waals surface area contributed by atoms with Gasteiger partial charge in [-0.05, 0) is 36.4 Å². The topological polar surface area (TPSA) is 80.8 Å². The average molecular weight is 446 g/mol. The molecule has 6 nitrogen and oxygen atoms in total. The van der Waals surface area contributed by atoms with Crippen LogP contribution in [-0.4, -0.2) is 44.2 Å². The van der Waals surface area contributed by atoms with Crippen LogP contribution in [0.15, 0.2) is 41.3 Å². The highest BCUT2D eigenvalue weighted by atomic mass is 35.5. The van der Waals surface area contributed by atoms with E-state index in [0.29, 0.717) is 6.07 Å². The highest BCUT2D eigenvalue weighted by molar-refractivity contribution is 7.89. The number of carbonyl (C=O) groups is 2. The summed E-state index contributed by atoms with van der Waals surface area (Å²) < 4.78 is 58.1. The summed E-state index contributed by atoms with van der Waals surface area (Å²) in [6.07, 6.45) is 0. The maximum atomic E-state index is 13.6. The summed E-state index contributed by atoms with van der Waals surface area (Å²) in [5.74, 6) is -3.81. The Balaban J connectivity index is 2.23. The van der Waals surface area contributed by atoms with Gasteiger partial charge >= 0.3 is 5.97 Å². The van der Waals surface area contributed by atoms with E-state index in [4.69, 9.17) is 16.3 Å². The first-order valence-electron chi connectivity index (χ1n) is 8.56. The Hall–Kier alpha value is -2.36. The molecular weight excluding hydrogens is 428 g/mol. The molecule has 10 heteroatoms. The Kier molecular flexibility index (Phi) is 7.45. The van der Waals surface area contributed by atoms with Crippen molar-refractivity contribution in [1.82, 2.24) is 4.31 Å². The predicted octanol–water partition coefficient (Wildman–Crippen LogP) is 3.69. The van der Waals surface area contributed by atoms with Gasteiger partial charge in [-0.2, -0.15) is 4.31 Å². The maximum absolute atomic E-state index is 13.6. The zero-order valence-corrected chi connectivity index (χ0v) is 17.2. The summed E-state index contributed by atoms with van der Waals surface area (Å²) >= 11 is 5.96. The molecule has 0 aliphatic heterocycles. The number of Topliss-reactive ketones (excluding diaryl/α,β-unsaturated/α-hetero) is 1. The second-order valence-electron chi connectivity index (χ2n) is 5.85. The van der Waals surface area contributed by atoms with Gasteiger partial charge in [0.1, 0.15) is 11.6 Å². The van der Waals surface area contributed by atoms with Gasteiger partial charge in [-0.3, -0.25) is 4.79 Å². The quantitative estimate of drug-likeness (QED) is 0.457. The fraction of sp³-hybridized carbons (Fsp3) is 0.263. The minimum Gasteiger partial charge on any atom is -0.454 e. The number of rotatable bonds is 8. The van der Waals surface area contributed by atoms with Gasteiger partial charge in [-0.25, -0.2) is 22.0 Å². The van der Waals surface area contributed by atoms with E-state index < -0.39 is 45.6 Å². The second-order valence-corrected chi connectivity index (χ2v) is 8.20. The molecule has 0 N–H and O–H groups in total. The van der Waals surface area contributed by atoms with Crippen molar-refractivity contribution >= 4 is 33.4 Å². The molecule has 0 spiro atoms. The molecule has 0 unspecified atom stereocenters. The van der Waals surface area contributed by atoms with Gasteiger partial charge in [0.25, 0.3) is 0 Å². The van der Waals surface area contributed by atoms with Gasteiger partial charge in [0.15, 0.2) is 6.61 Å². The smallest absolute Gasteiger partial charge is 0.340 e. The first kappa shape index (κ1) is 22.9. The van der Waals surface area contributed by atoms with Crippen LogP contribution in [0.2, 0.25) is 5.02 Å². The largest absolute Gasteiger partial charge is 0.454 e. The first-order valence-corrected chi connectivity index (χ1v) is 10.4. The summed E-state index contributed by atoms with van der Waals surface area (Å²) in [6.45, 7) is 2.93. The van der Waals surface area contributed by atoms with Gasteiger partial charge in [-0.1, -0.05) is 25.4 Å². The van der Waals surface area contributed by atoms with Crippen molar-refractivity contribution in [3.63, 3.8) is 0 Å². The molecule has 0 heterocycles. The van der Waals surface area contributed by atoms with Crippen molar-refractivity contribution in [2.24, 2.45) is 0 Å². The van der Waals surface area contributed by atoms with Crippen LogP contribution in [0.1, 0.15) is 34.6 Å². The molecule has 29 heavy (non-hydrogen) atoms. The lowest BCUT2D eigenvalue weighted by Gasteiger charge is -2.19. The van der Waals surface area contributed by atoms with Crippen LogP contribution in [0.25, 0.3) is 0 Å². The lowest BCUT2D eigenvalue weighted by Crippen LogP contribution is -2.30. The highest BCUT2D eigenvalue weighted by Gasteiger charge is 2.25. The number of nitrogens with zero attached hydrogens (tertiary/aromatic N) is 1. The number of benzene rings is 2. The van der Waals surface area contributed by atoms with Gasteiger partial charge in [0, 0.05) is 13.1 Å². The Morgan fingerprint density at radius 1 is 1.03 bits per heavy atom. The molecule has 156 valence electrons. The minimum atomic E-state index is -3.85. The van der Waals surface area contributed by atoms with E-state index >= 15 is 0 Å². The van der Waals surface area contributed by atoms with E-state index in [2.05, 4.69) is 0 Å². The second kappa shape index (κ2) is 9.43. The number of carbonyl (C=O) groups excluding carboxylic acids is 2. The van der Waals surface area contributed by atoms with Crippen molar-refractivity contribution in [2.45, 2.75) is 18.7 Å². The van der Waals surface area contributed by atoms with E-state index in [1.807, 2.05) is 0 Å². The SMILES string of the molecule is CCN(CC)S(=O)(=O)c1ccc(Cl)c(C(=O)OCC(=O)c2cc(F)ccc2F)c1. The fourth-order valence-electron chi connectivity index (χ4n) is 2.53. The highest BCUT2D eigenvalue weighted by Crippen LogP contribution is 2.24. The third kappa shape index (κ3) is 5.17. The van der Waals surface area contributed by atoms with E-state index in [-0.39, 0.29) is 28.6 Å². The third-order valence-electron chi connectivity index (χ3n) is 4.06. The van der Waals surface area contributed by atoms with Crippen LogP contribution >= 0.6 is 11.6 Å². The van der Waals surface area contributed by atoms with E-state index in [1.165, 1.54) is 16.4 Å². The van der Waals surface area contributed by atoms with Crippen molar-refractivity contribution in [2.75, 3.05) is 19.7 Å². The number of halogens is 3. The van der Waals surface area contributed by atoms with E-state index in [9.17, 15) is 26.8 Å². The molecule has 0 fully saturated rings. The molecule has 0 aliphatic carbocycles. The Morgan fingerprint density at radius 2 is 1.69 bits per heavy atom. The Labute approximate surface area is 172 Å². The number of esters is 1. The number of ketones is 1. The normalized spacial score (nSPS) is 11.5. The predicted molar refractivity (Wildman–Crippen MR) is 103 cm³/mol. The van der Waals surface area contributed by atoms with Crippen molar-refractivity contribution < 1.29 is 31.5 Å². The average Bonchev–Trinajstić information content (AvgIpc) is 2.68. The number of hydrogen-bond acceptors (Lipinski definition) is 5. The van der Waals surface area contributed by atoms with E-state index in [1.54, 1.807) is 13.8 Å².